The standard InChI is InChI=1S/C29H28Cl2FN3O3/c1-16-8-9-24(35-29(16)38-4)21-7-5-6-19(26(21)30)20-10-11-34-28(27(20)31)18-12-23(32)22(25(13-18)37-3)15-33-14-17(2)36/h5-13,17,33,36H,14-15H2,1-4H3/t17-/m1/s1. The number of rotatable bonds is 9. The van der Waals surface area contributed by atoms with Crippen LogP contribution in [0.1, 0.15) is 18.1 Å². The minimum absolute atomic E-state index is 0.196. The molecule has 0 radical (unpaired) electrons. The Kier molecular flexibility index (Phi) is 8.84. The molecule has 0 fully saturated rings. The van der Waals surface area contributed by atoms with Gasteiger partial charge >= 0.3 is 0 Å². The van der Waals surface area contributed by atoms with Crippen LogP contribution in [0.3, 0.4) is 0 Å². The minimum atomic E-state index is -0.553. The topological polar surface area (TPSA) is 76.5 Å². The number of halogens is 3. The molecule has 0 aliphatic rings. The summed E-state index contributed by atoms with van der Waals surface area (Å²) in [7, 11) is 3.05. The fourth-order valence-electron chi connectivity index (χ4n) is 4.17. The number of aliphatic hydroxyl groups is 1. The molecule has 2 N–H and O–H groups in total. The molecule has 0 saturated carbocycles. The van der Waals surface area contributed by atoms with Gasteiger partial charge in [0, 0.05) is 52.7 Å². The zero-order valence-electron chi connectivity index (χ0n) is 21.5. The van der Waals surface area contributed by atoms with Gasteiger partial charge in [-0.15, -0.1) is 0 Å². The van der Waals surface area contributed by atoms with Crippen molar-refractivity contribution >= 4 is 23.2 Å². The van der Waals surface area contributed by atoms with Crippen LogP contribution in [0.15, 0.2) is 54.7 Å². The van der Waals surface area contributed by atoms with E-state index in [0.717, 1.165) is 11.1 Å². The van der Waals surface area contributed by atoms with E-state index in [1.807, 2.05) is 37.3 Å². The minimum Gasteiger partial charge on any atom is -0.496 e. The van der Waals surface area contributed by atoms with Crippen molar-refractivity contribution in [2.45, 2.75) is 26.5 Å². The first-order valence-corrected chi connectivity index (χ1v) is 12.7. The van der Waals surface area contributed by atoms with Crippen molar-refractivity contribution in [3.8, 4) is 45.3 Å². The first-order valence-electron chi connectivity index (χ1n) is 12.0. The summed E-state index contributed by atoms with van der Waals surface area (Å²) in [5.41, 5.74) is 4.83. The SMILES string of the molecule is COc1cc(-c2nccc(-c3cccc(-c4ccc(C)c(OC)n4)c3Cl)c2Cl)cc(F)c1CNC[C@@H](C)O. The lowest BCUT2D eigenvalue weighted by molar-refractivity contribution is 0.190. The van der Waals surface area contributed by atoms with Gasteiger partial charge in [-0.2, -0.15) is 0 Å². The zero-order valence-corrected chi connectivity index (χ0v) is 23.0. The van der Waals surface area contributed by atoms with Crippen LogP contribution in [0.25, 0.3) is 33.6 Å². The molecule has 0 unspecified atom stereocenters. The van der Waals surface area contributed by atoms with E-state index in [9.17, 15) is 5.11 Å². The number of methoxy groups -OCH3 is 2. The maximum absolute atomic E-state index is 15.2. The molecule has 0 spiro atoms. The number of hydrogen-bond donors (Lipinski definition) is 2. The Morgan fingerprint density at radius 1 is 1.00 bits per heavy atom. The molecular weight excluding hydrogens is 528 g/mol. The lowest BCUT2D eigenvalue weighted by Crippen LogP contribution is -2.24. The lowest BCUT2D eigenvalue weighted by Gasteiger charge is -2.16. The molecule has 1 atom stereocenters. The van der Waals surface area contributed by atoms with Crippen LogP contribution in [0, 0.1) is 12.7 Å². The van der Waals surface area contributed by atoms with Crippen LogP contribution in [-0.4, -0.2) is 41.9 Å². The number of benzene rings is 2. The first kappa shape index (κ1) is 27.8. The number of nitrogens with zero attached hydrogens (tertiary/aromatic N) is 2. The van der Waals surface area contributed by atoms with E-state index >= 15 is 4.39 Å². The quantitative estimate of drug-likeness (QED) is 0.239. The third-order valence-electron chi connectivity index (χ3n) is 6.09. The van der Waals surface area contributed by atoms with Gasteiger partial charge < -0.3 is 19.9 Å². The van der Waals surface area contributed by atoms with Crippen molar-refractivity contribution in [2.75, 3.05) is 20.8 Å². The number of aromatic nitrogens is 2. The van der Waals surface area contributed by atoms with Gasteiger partial charge in [-0.05, 0) is 38.1 Å². The Hall–Kier alpha value is -3.23. The second-order valence-corrected chi connectivity index (χ2v) is 9.59. The van der Waals surface area contributed by atoms with Gasteiger partial charge in [-0.1, -0.05) is 47.5 Å². The third-order valence-corrected chi connectivity index (χ3v) is 6.88. The highest BCUT2D eigenvalue weighted by Gasteiger charge is 2.20. The fraction of sp³-hybridized carbons (Fsp3) is 0.241. The van der Waals surface area contributed by atoms with Gasteiger partial charge in [-0.3, -0.25) is 4.98 Å². The molecular formula is C29H28Cl2FN3O3. The van der Waals surface area contributed by atoms with Crippen LogP contribution >= 0.6 is 23.2 Å². The van der Waals surface area contributed by atoms with Crippen LogP contribution in [-0.2, 0) is 6.54 Å². The van der Waals surface area contributed by atoms with Crippen molar-refractivity contribution in [1.29, 1.82) is 0 Å². The van der Waals surface area contributed by atoms with Crippen molar-refractivity contribution in [3.05, 3.63) is 81.7 Å². The van der Waals surface area contributed by atoms with Gasteiger partial charge in [0.2, 0.25) is 5.88 Å². The second-order valence-electron chi connectivity index (χ2n) is 8.83. The average molecular weight is 556 g/mol. The van der Waals surface area contributed by atoms with E-state index in [0.29, 0.717) is 61.9 Å². The summed E-state index contributed by atoms with van der Waals surface area (Å²) < 4.78 is 26.0. The number of nitrogens with one attached hydrogen (secondary N) is 1. The Bertz CT molecular complexity index is 1460. The predicted molar refractivity (Wildman–Crippen MR) is 150 cm³/mol. The molecule has 9 heteroatoms. The summed E-state index contributed by atoms with van der Waals surface area (Å²) in [5.74, 6) is 0.398. The largest absolute Gasteiger partial charge is 0.496 e. The predicted octanol–water partition coefficient (Wildman–Crippen LogP) is 6.72. The summed E-state index contributed by atoms with van der Waals surface area (Å²) in [5, 5.41) is 13.3. The Morgan fingerprint density at radius 3 is 2.45 bits per heavy atom. The van der Waals surface area contributed by atoms with Gasteiger partial charge in [0.15, 0.2) is 0 Å². The number of pyridine rings is 2. The van der Waals surface area contributed by atoms with Gasteiger partial charge in [-0.25, -0.2) is 9.37 Å². The second kappa shape index (κ2) is 12.1. The van der Waals surface area contributed by atoms with Gasteiger partial charge in [0.25, 0.3) is 0 Å². The maximum atomic E-state index is 15.2. The molecule has 38 heavy (non-hydrogen) atoms. The van der Waals surface area contributed by atoms with E-state index in [1.165, 1.54) is 13.2 Å². The van der Waals surface area contributed by atoms with Crippen LogP contribution in [0.2, 0.25) is 10.0 Å². The third kappa shape index (κ3) is 5.76. The number of ether oxygens (including phenoxy) is 2. The van der Waals surface area contributed by atoms with E-state index < -0.39 is 11.9 Å². The highest BCUT2D eigenvalue weighted by Crippen LogP contribution is 2.42. The van der Waals surface area contributed by atoms with E-state index in [2.05, 4.69) is 15.3 Å². The first-order chi connectivity index (χ1) is 18.2. The summed E-state index contributed by atoms with van der Waals surface area (Å²) in [6, 6.07) is 14.3. The molecule has 2 aromatic carbocycles. The fourth-order valence-corrected chi connectivity index (χ4v) is 4.81. The highest BCUT2D eigenvalue weighted by atomic mass is 35.5. The average Bonchev–Trinajstić information content (AvgIpc) is 2.90. The highest BCUT2D eigenvalue weighted by molar-refractivity contribution is 6.39. The molecule has 0 bridgehead atoms. The molecule has 2 aromatic heterocycles. The molecule has 4 aromatic rings. The summed E-state index contributed by atoms with van der Waals surface area (Å²) in [6.45, 7) is 4.09. The smallest absolute Gasteiger partial charge is 0.216 e. The monoisotopic (exact) mass is 555 g/mol. The molecule has 0 aliphatic carbocycles. The van der Waals surface area contributed by atoms with Crippen LogP contribution in [0.5, 0.6) is 11.6 Å². The zero-order chi connectivity index (χ0) is 27.4. The summed E-state index contributed by atoms with van der Waals surface area (Å²) in [6.07, 6.45) is 1.05. The van der Waals surface area contributed by atoms with Crippen molar-refractivity contribution < 1.29 is 19.0 Å². The Morgan fingerprint density at radius 2 is 1.74 bits per heavy atom. The number of aryl methyl sites for hydroxylation is 1. The van der Waals surface area contributed by atoms with Gasteiger partial charge in [0.05, 0.1) is 41.8 Å². The maximum Gasteiger partial charge on any atom is 0.216 e. The van der Waals surface area contributed by atoms with E-state index in [4.69, 9.17) is 32.7 Å². The van der Waals surface area contributed by atoms with E-state index in [-0.39, 0.29) is 6.54 Å². The number of aliphatic hydroxyl groups excluding tert-OH is 1. The molecule has 2 heterocycles. The van der Waals surface area contributed by atoms with E-state index in [1.54, 1.807) is 32.4 Å². The molecule has 4 rings (SSSR count). The summed E-state index contributed by atoms with van der Waals surface area (Å²) >= 11 is 13.7. The van der Waals surface area contributed by atoms with Crippen LogP contribution < -0.4 is 14.8 Å². The molecule has 0 aliphatic heterocycles. The van der Waals surface area contributed by atoms with Crippen molar-refractivity contribution in [2.24, 2.45) is 0 Å². The normalized spacial score (nSPS) is 11.9. The molecule has 0 saturated heterocycles. The number of hydrogen-bond acceptors (Lipinski definition) is 6. The van der Waals surface area contributed by atoms with Crippen molar-refractivity contribution in [3.63, 3.8) is 0 Å². The van der Waals surface area contributed by atoms with Crippen LogP contribution in [0.4, 0.5) is 4.39 Å². The lowest BCUT2D eigenvalue weighted by atomic mass is 9.99. The summed E-state index contributed by atoms with van der Waals surface area (Å²) in [4.78, 5) is 9.02. The Labute approximate surface area is 231 Å². The Balaban J connectivity index is 1.76. The molecule has 198 valence electrons. The van der Waals surface area contributed by atoms with Crippen molar-refractivity contribution in [1.82, 2.24) is 15.3 Å². The molecule has 0 amide bonds. The van der Waals surface area contributed by atoms with Gasteiger partial charge in [0.1, 0.15) is 11.6 Å². The molecule has 6 nitrogen and oxygen atoms in total.